The number of carbonyl (C=O) groups excluding carboxylic acids is 6. The second-order valence-electron chi connectivity index (χ2n) is 12.7. The molecule has 0 saturated heterocycles. The second-order valence-corrected chi connectivity index (χ2v) is 12.7. The van der Waals surface area contributed by atoms with Gasteiger partial charge in [0, 0.05) is 25.5 Å². The van der Waals surface area contributed by atoms with Crippen LogP contribution in [0.15, 0.2) is 60.8 Å². The number of esters is 1. The van der Waals surface area contributed by atoms with Crippen LogP contribution < -0.4 is 36.6 Å². The molecule has 17 nitrogen and oxygen atoms in total. The average molecular weight is 734 g/mol. The summed E-state index contributed by atoms with van der Waals surface area (Å²) in [6.07, 6.45) is 1.70. The zero-order chi connectivity index (χ0) is 38.5. The first-order chi connectivity index (χ1) is 25.4. The van der Waals surface area contributed by atoms with Crippen molar-refractivity contribution in [3.8, 4) is 5.75 Å². The maximum atomic E-state index is 14.0. The molecule has 4 bridgehead atoms. The second kappa shape index (κ2) is 19.1. The van der Waals surface area contributed by atoms with E-state index in [0.29, 0.717) is 23.6 Å². The number of amides is 5. The molecule has 6 atom stereocenters. The molecule has 3 aromatic rings. The van der Waals surface area contributed by atoms with Crippen LogP contribution in [0.2, 0.25) is 0 Å². The van der Waals surface area contributed by atoms with E-state index in [4.69, 9.17) is 9.47 Å². The minimum absolute atomic E-state index is 0.0260. The molecule has 0 radical (unpaired) electrons. The van der Waals surface area contributed by atoms with Crippen LogP contribution in [0.5, 0.6) is 5.75 Å². The number of nitrogens with one attached hydrogen (secondary N) is 6. The van der Waals surface area contributed by atoms with Crippen LogP contribution in [-0.2, 0) is 59.3 Å². The van der Waals surface area contributed by atoms with Crippen LogP contribution in [0.4, 0.5) is 0 Å². The molecule has 0 fully saturated rings. The van der Waals surface area contributed by atoms with Crippen LogP contribution in [0.25, 0.3) is 0 Å². The van der Waals surface area contributed by atoms with E-state index >= 15 is 0 Å². The van der Waals surface area contributed by atoms with E-state index in [0.717, 1.165) is 5.56 Å². The third-order valence-electron chi connectivity index (χ3n) is 8.63. The van der Waals surface area contributed by atoms with Gasteiger partial charge in [0.25, 0.3) is 0 Å². The summed E-state index contributed by atoms with van der Waals surface area (Å²) in [5.41, 5.74) is 1.82. The third-order valence-corrected chi connectivity index (χ3v) is 8.63. The molecule has 5 rings (SSSR count). The SMILES string of the molecule is CN[C@@H](C)C(=O)N[C@H]1Cc2cn(nn2)CCOc2ccc(cc2)C[C@@H](C(=O)N[C@@H](C)C(=O)OC)NC(=O)[C@H](Cc2ccccc2)NC(=O)[C@H](C)NC1=O. The summed E-state index contributed by atoms with van der Waals surface area (Å²) in [5, 5.41) is 24.5. The monoisotopic (exact) mass is 733 g/mol. The number of methoxy groups -OCH3 is 1. The lowest BCUT2D eigenvalue weighted by Gasteiger charge is -2.26. The summed E-state index contributed by atoms with van der Waals surface area (Å²) in [6.45, 7) is 5.09. The smallest absolute Gasteiger partial charge is 0.328 e. The Morgan fingerprint density at radius 1 is 0.943 bits per heavy atom. The van der Waals surface area contributed by atoms with Crippen LogP contribution in [0, 0.1) is 0 Å². The quantitative estimate of drug-likeness (QED) is 0.121. The average Bonchev–Trinajstić information content (AvgIpc) is 3.60. The number of carbonyl (C=O) groups is 6. The molecule has 3 heterocycles. The van der Waals surface area contributed by atoms with Gasteiger partial charge in [0.1, 0.15) is 42.6 Å². The first kappa shape index (κ1) is 39.9. The van der Waals surface area contributed by atoms with Gasteiger partial charge < -0.3 is 41.4 Å². The Kier molecular flexibility index (Phi) is 14.4. The Bertz CT molecular complexity index is 1730. The first-order valence-corrected chi connectivity index (χ1v) is 17.3. The Morgan fingerprint density at radius 2 is 1.66 bits per heavy atom. The molecule has 2 aromatic carbocycles. The molecule has 17 heteroatoms. The number of nitrogens with zero attached hydrogens (tertiary/aromatic N) is 3. The van der Waals surface area contributed by atoms with Crippen LogP contribution in [-0.4, -0.2) is 108 Å². The number of rotatable bonds is 8. The highest BCUT2D eigenvalue weighted by atomic mass is 16.5. The van der Waals surface area contributed by atoms with E-state index in [1.807, 2.05) is 6.07 Å². The van der Waals surface area contributed by atoms with Crippen molar-refractivity contribution in [2.45, 2.75) is 82.8 Å². The van der Waals surface area contributed by atoms with Crippen LogP contribution in [0.1, 0.15) is 37.6 Å². The predicted molar refractivity (Wildman–Crippen MR) is 191 cm³/mol. The first-order valence-electron chi connectivity index (χ1n) is 17.3. The highest BCUT2D eigenvalue weighted by Gasteiger charge is 2.32. The maximum Gasteiger partial charge on any atom is 0.328 e. The summed E-state index contributed by atoms with van der Waals surface area (Å²) in [5.74, 6) is -3.25. The van der Waals surface area contributed by atoms with Crippen molar-refractivity contribution in [3.05, 3.63) is 77.6 Å². The zero-order valence-corrected chi connectivity index (χ0v) is 30.4. The summed E-state index contributed by atoms with van der Waals surface area (Å²) in [7, 11) is 2.81. The number of ether oxygens (including phenoxy) is 2. The Hall–Kier alpha value is -5.84. The largest absolute Gasteiger partial charge is 0.492 e. The molecule has 2 aliphatic rings. The van der Waals surface area contributed by atoms with Gasteiger partial charge in [-0.15, -0.1) is 5.10 Å². The minimum Gasteiger partial charge on any atom is -0.492 e. The Morgan fingerprint density at radius 3 is 2.34 bits per heavy atom. The number of aromatic nitrogens is 3. The minimum atomic E-state index is -1.19. The number of hydrogen-bond donors (Lipinski definition) is 6. The summed E-state index contributed by atoms with van der Waals surface area (Å²) < 4.78 is 12.2. The molecule has 0 unspecified atom stereocenters. The van der Waals surface area contributed by atoms with Gasteiger partial charge in [-0.1, -0.05) is 47.7 Å². The van der Waals surface area contributed by atoms with Gasteiger partial charge in [-0.25, -0.2) is 9.48 Å². The molecule has 1 aromatic heterocycles. The lowest BCUT2D eigenvalue weighted by Crippen LogP contribution is -2.59. The van der Waals surface area contributed by atoms with E-state index in [1.54, 1.807) is 73.4 Å². The van der Waals surface area contributed by atoms with E-state index < -0.39 is 71.8 Å². The van der Waals surface area contributed by atoms with Crippen molar-refractivity contribution in [2.24, 2.45) is 0 Å². The fourth-order valence-corrected chi connectivity index (χ4v) is 5.37. The van der Waals surface area contributed by atoms with Gasteiger partial charge in [-0.3, -0.25) is 24.0 Å². The maximum absolute atomic E-state index is 14.0. The van der Waals surface area contributed by atoms with Crippen molar-refractivity contribution < 1.29 is 38.2 Å². The molecule has 284 valence electrons. The van der Waals surface area contributed by atoms with Crippen molar-refractivity contribution in [1.29, 1.82) is 0 Å². The molecule has 6 N–H and O–H groups in total. The standard InChI is InChI=1S/C36H47N9O8/c1-21(37-4)31(46)41-30-19-26-20-45(44-43-26)15-16-53-27-13-11-25(12-14-27)18-28(33(48)39-23(3)36(51)52-5)42-35(50)29(17-24-9-7-6-8-10-24)40-32(47)22(2)38-34(30)49/h6-14,20-23,28-30,37H,15-19H2,1-5H3,(H,38,49)(H,39,48)(H,40,47)(H,41,46)(H,42,50)/t21-,22-,23-,28-,29-,30-/m0/s1. The molecular formula is C36H47N9O8. The normalized spacial score (nSPS) is 21.2. The number of benzene rings is 2. The van der Waals surface area contributed by atoms with E-state index in [9.17, 15) is 28.8 Å². The van der Waals surface area contributed by atoms with Gasteiger partial charge >= 0.3 is 5.97 Å². The number of fused-ring (bicyclic) bond motifs is 15. The van der Waals surface area contributed by atoms with Gasteiger partial charge in [0.05, 0.1) is 25.4 Å². The van der Waals surface area contributed by atoms with E-state index in [2.05, 4.69) is 42.2 Å². The lowest BCUT2D eigenvalue weighted by atomic mass is 10.0. The van der Waals surface area contributed by atoms with Gasteiger partial charge in [-0.05, 0) is 51.1 Å². The van der Waals surface area contributed by atoms with Crippen molar-refractivity contribution in [1.82, 2.24) is 46.9 Å². The third kappa shape index (κ3) is 11.8. The number of likely N-dealkylation sites (N-methyl/N-ethyl adjacent to an activating group) is 1. The number of hydrogen-bond acceptors (Lipinski definition) is 11. The molecule has 5 amide bonds. The summed E-state index contributed by atoms with van der Waals surface area (Å²) in [4.78, 5) is 79.7. The Labute approximate surface area is 307 Å². The zero-order valence-electron chi connectivity index (χ0n) is 30.4. The van der Waals surface area contributed by atoms with Crippen LogP contribution in [0.3, 0.4) is 0 Å². The van der Waals surface area contributed by atoms with Crippen molar-refractivity contribution >= 4 is 35.5 Å². The van der Waals surface area contributed by atoms with Gasteiger partial charge in [0.2, 0.25) is 29.5 Å². The lowest BCUT2D eigenvalue weighted by molar-refractivity contribution is -0.144. The van der Waals surface area contributed by atoms with Crippen molar-refractivity contribution in [2.75, 3.05) is 20.8 Å². The van der Waals surface area contributed by atoms with Crippen LogP contribution >= 0.6 is 0 Å². The fourth-order valence-electron chi connectivity index (χ4n) is 5.37. The molecule has 2 aliphatic heterocycles. The summed E-state index contributed by atoms with van der Waals surface area (Å²) in [6, 6.07) is 9.64. The molecule has 53 heavy (non-hydrogen) atoms. The topological polar surface area (TPSA) is 224 Å². The highest BCUT2D eigenvalue weighted by Crippen LogP contribution is 2.15. The fraction of sp³-hybridized carbons (Fsp3) is 0.444. The Balaban J connectivity index is 1.67. The van der Waals surface area contributed by atoms with Crippen molar-refractivity contribution in [3.63, 3.8) is 0 Å². The molecule has 0 aliphatic carbocycles. The highest BCUT2D eigenvalue weighted by molar-refractivity contribution is 5.96. The van der Waals surface area contributed by atoms with E-state index in [-0.39, 0.29) is 25.9 Å². The van der Waals surface area contributed by atoms with Gasteiger partial charge in [0.15, 0.2) is 0 Å². The van der Waals surface area contributed by atoms with E-state index in [1.165, 1.54) is 21.0 Å². The predicted octanol–water partition coefficient (Wildman–Crippen LogP) is -1.06. The molecular weight excluding hydrogens is 686 g/mol. The van der Waals surface area contributed by atoms with Gasteiger partial charge in [-0.2, -0.15) is 0 Å². The summed E-state index contributed by atoms with van der Waals surface area (Å²) >= 11 is 0. The molecule has 0 saturated carbocycles. The molecule has 0 spiro atoms.